The lowest BCUT2D eigenvalue weighted by molar-refractivity contribution is 0.103. The number of hydrogen-bond acceptors (Lipinski definition) is 5. The first-order chi connectivity index (χ1) is 12.4. The normalized spacial score (nSPS) is 10.6. The van der Waals surface area contributed by atoms with Gasteiger partial charge in [-0.15, -0.1) is 0 Å². The minimum atomic E-state index is -0.524. The van der Waals surface area contributed by atoms with E-state index in [-0.39, 0.29) is 27.9 Å². The third kappa shape index (κ3) is 3.36. The molecule has 1 heterocycles. The summed E-state index contributed by atoms with van der Waals surface area (Å²) in [4.78, 5) is 26.7. The van der Waals surface area contributed by atoms with Gasteiger partial charge in [-0.3, -0.25) is 4.79 Å². The molecule has 0 saturated carbocycles. The second kappa shape index (κ2) is 7.09. The van der Waals surface area contributed by atoms with Crippen molar-refractivity contribution in [1.82, 2.24) is 4.90 Å². The molecule has 0 atom stereocenters. The number of benzene rings is 2. The SMILES string of the molecule is Cc1cc(=O)oc2c(C(=O)c3ccccc3)c(OC(=S)N(C)C)ccc12. The molecule has 26 heavy (non-hydrogen) atoms. The Morgan fingerprint density at radius 1 is 1.12 bits per heavy atom. The highest BCUT2D eigenvalue weighted by Crippen LogP contribution is 2.31. The van der Waals surface area contributed by atoms with Crippen molar-refractivity contribution < 1.29 is 13.9 Å². The largest absolute Gasteiger partial charge is 0.431 e. The number of ether oxygens (including phenoxy) is 1. The highest BCUT2D eigenvalue weighted by atomic mass is 32.1. The summed E-state index contributed by atoms with van der Waals surface area (Å²) in [6, 6.07) is 13.6. The minimum Gasteiger partial charge on any atom is -0.431 e. The molecule has 0 N–H and O–H groups in total. The van der Waals surface area contributed by atoms with Gasteiger partial charge in [0, 0.05) is 31.1 Å². The third-order valence-corrected chi connectivity index (χ3v) is 4.36. The van der Waals surface area contributed by atoms with Crippen LogP contribution in [-0.4, -0.2) is 30.0 Å². The van der Waals surface area contributed by atoms with Crippen molar-refractivity contribution in [3.05, 3.63) is 75.6 Å². The summed E-state index contributed by atoms with van der Waals surface area (Å²) in [5, 5.41) is 0.869. The zero-order valence-electron chi connectivity index (χ0n) is 14.6. The van der Waals surface area contributed by atoms with Gasteiger partial charge in [0.25, 0.3) is 5.17 Å². The third-order valence-electron chi connectivity index (χ3n) is 3.91. The highest BCUT2D eigenvalue weighted by molar-refractivity contribution is 7.80. The van der Waals surface area contributed by atoms with Gasteiger partial charge in [0.05, 0.1) is 0 Å². The van der Waals surface area contributed by atoms with Crippen LogP contribution in [0.25, 0.3) is 11.0 Å². The molecule has 3 aromatic rings. The van der Waals surface area contributed by atoms with Crippen molar-refractivity contribution in [2.24, 2.45) is 0 Å². The van der Waals surface area contributed by atoms with Crippen molar-refractivity contribution in [2.45, 2.75) is 6.92 Å². The Bertz CT molecular complexity index is 1050. The molecular formula is C20H17NO4S. The van der Waals surface area contributed by atoms with Crippen LogP contribution in [0.4, 0.5) is 0 Å². The van der Waals surface area contributed by atoms with Gasteiger partial charge in [0.15, 0.2) is 5.58 Å². The van der Waals surface area contributed by atoms with E-state index >= 15 is 0 Å². The molecule has 132 valence electrons. The number of carbonyl (C=O) groups is 1. The van der Waals surface area contributed by atoms with Crippen LogP contribution in [0.15, 0.2) is 57.7 Å². The van der Waals surface area contributed by atoms with E-state index in [1.165, 1.54) is 6.07 Å². The van der Waals surface area contributed by atoms with Crippen LogP contribution in [0.2, 0.25) is 0 Å². The van der Waals surface area contributed by atoms with Gasteiger partial charge < -0.3 is 14.1 Å². The minimum absolute atomic E-state index is 0.179. The number of carbonyl (C=O) groups excluding carboxylic acids is 1. The summed E-state index contributed by atoms with van der Waals surface area (Å²) < 4.78 is 11.1. The highest BCUT2D eigenvalue weighted by Gasteiger charge is 2.22. The molecule has 1 aromatic heterocycles. The van der Waals surface area contributed by atoms with Gasteiger partial charge in [-0.2, -0.15) is 0 Å². The summed E-state index contributed by atoms with van der Waals surface area (Å²) in [7, 11) is 3.48. The quantitative estimate of drug-likeness (QED) is 0.401. The molecule has 6 heteroatoms. The van der Waals surface area contributed by atoms with E-state index < -0.39 is 5.63 Å². The Kier molecular flexibility index (Phi) is 4.86. The maximum absolute atomic E-state index is 13.2. The lowest BCUT2D eigenvalue weighted by Crippen LogP contribution is -2.25. The number of ketones is 1. The second-order valence-corrected chi connectivity index (χ2v) is 6.37. The molecule has 0 aliphatic heterocycles. The summed E-state index contributed by atoms with van der Waals surface area (Å²) in [5.74, 6) is -0.0553. The number of rotatable bonds is 3. The van der Waals surface area contributed by atoms with Crippen LogP contribution in [0.5, 0.6) is 5.75 Å². The van der Waals surface area contributed by atoms with Crippen molar-refractivity contribution in [2.75, 3.05) is 14.1 Å². The molecule has 0 fully saturated rings. The summed E-state index contributed by atoms with van der Waals surface area (Å²) >= 11 is 5.20. The van der Waals surface area contributed by atoms with E-state index in [9.17, 15) is 9.59 Å². The first-order valence-corrected chi connectivity index (χ1v) is 8.35. The molecule has 0 aliphatic rings. The average Bonchev–Trinajstić information content (AvgIpc) is 2.61. The van der Waals surface area contributed by atoms with Crippen molar-refractivity contribution in [3.63, 3.8) is 0 Å². The number of thiocarbonyl (C=S) groups is 1. The van der Waals surface area contributed by atoms with E-state index in [1.54, 1.807) is 62.3 Å². The van der Waals surface area contributed by atoms with E-state index in [4.69, 9.17) is 21.4 Å². The number of fused-ring (bicyclic) bond motifs is 1. The second-order valence-electron chi connectivity index (χ2n) is 6.02. The number of aryl methyl sites for hydroxylation is 1. The van der Waals surface area contributed by atoms with Gasteiger partial charge in [0.2, 0.25) is 5.78 Å². The molecule has 2 aromatic carbocycles. The fourth-order valence-electron chi connectivity index (χ4n) is 2.59. The smallest absolute Gasteiger partial charge is 0.336 e. The van der Waals surface area contributed by atoms with Crippen LogP contribution in [0.3, 0.4) is 0 Å². The zero-order valence-corrected chi connectivity index (χ0v) is 15.4. The van der Waals surface area contributed by atoms with Gasteiger partial charge >= 0.3 is 5.63 Å². The molecule has 0 saturated heterocycles. The number of hydrogen-bond donors (Lipinski definition) is 0. The van der Waals surface area contributed by atoms with E-state index in [1.807, 2.05) is 6.07 Å². The fraction of sp³-hybridized carbons (Fsp3) is 0.150. The standard InChI is InChI=1S/C20H17NO4S/c1-12-11-16(22)25-19-14(12)9-10-15(24-20(26)21(2)3)17(19)18(23)13-7-5-4-6-8-13/h4-11H,1-3H3. The Morgan fingerprint density at radius 2 is 1.81 bits per heavy atom. The molecule has 0 spiro atoms. The molecule has 3 rings (SSSR count). The Morgan fingerprint density at radius 3 is 2.46 bits per heavy atom. The van der Waals surface area contributed by atoms with Crippen molar-refractivity contribution in [3.8, 4) is 5.75 Å². The van der Waals surface area contributed by atoms with Crippen LogP contribution in [0, 0.1) is 6.92 Å². The zero-order chi connectivity index (χ0) is 18.8. The van der Waals surface area contributed by atoms with Gasteiger partial charge in [0.1, 0.15) is 11.3 Å². The molecule has 0 aliphatic carbocycles. The maximum Gasteiger partial charge on any atom is 0.336 e. The monoisotopic (exact) mass is 367 g/mol. The first-order valence-electron chi connectivity index (χ1n) is 7.95. The van der Waals surface area contributed by atoms with Gasteiger partial charge in [-0.1, -0.05) is 30.3 Å². The first kappa shape index (κ1) is 17.8. The van der Waals surface area contributed by atoms with Crippen molar-refractivity contribution in [1.29, 1.82) is 0 Å². The van der Waals surface area contributed by atoms with E-state index in [0.29, 0.717) is 10.9 Å². The van der Waals surface area contributed by atoms with Crippen LogP contribution < -0.4 is 10.4 Å². The van der Waals surface area contributed by atoms with Crippen LogP contribution >= 0.6 is 12.2 Å². The molecule has 0 amide bonds. The Labute approximate surface area is 155 Å². The molecule has 0 bridgehead atoms. The molecule has 0 unspecified atom stereocenters. The predicted molar refractivity (Wildman–Crippen MR) is 104 cm³/mol. The average molecular weight is 367 g/mol. The van der Waals surface area contributed by atoms with Gasteiger partial charge in [-0.25, -0.2) is 4.79 Å². The fourth-order valence-corrected chi connectivity index (χ4v) is 2.67. The summed E-state index contributed by atoms with van der Waals surface area (Å²) in [5.41, 5.74) is 1.04. The van der Waals surface area contributed by atoms with Gasteiger partial charge in [-0.05, 0) is 36.8 Å². The van der Waals surface area contributed by atoms with E-state index in [0.717, 1.165) is 5.56 Å². The topological polar surface area (TPSA) is 59.8 Å². The maximum atomic E-state index is 13.2. The Balaban J connectivity index is 2.29. The molecule has 0 radical (unpaired) electrons. The predicted octanol–water partition coefficient (Wildman–Crippen LogP) is 3.56. The summed E-state index contributed by atoms with van der Waals surface area (Å²) in [6.45, 7) is 1.79. The van der Waals surface area contributed by atoms with E-state index in [2.05, 4.69) is 0 Å². The Hall–Kier alpha value is -2.99. The molecular weight excluding hydrogens is 350 g/mol. The summed E-state index contributed by atoms with van der Waals surface area (Å²) in [6.07, 6.45) is 0. The lowest BCUT2D eigenvalue weighted by Gasteiger charge is -2.17. The number of nitrogens with zero attached hydrogens (tertiary/aromatic N) is 1. The van der Waals surface area contributed by atoms with Crippen LogP contribution in [-0.2, 0) is 0 Å². The lowest BCUT2D eigenvalue weighted by atomic mass is 9.98. The molecule has 5 nitrogen and oxygen atoms in total. The van der Waals surface area contributed by atoms with Crippen LogP contribution in [0.1, 0.15) is 21.5 Å². The van der Waals surface area contributed by atoms with Crippen molar-refractivity contribution >= 4 is 34.1 Å².